The third-order valence-corrected chi connectivity index (χ3v) is 1.99. The van der Waals surface area contributed by atoms with Crippen molar-refractivity contribution in [1.82, 2.24) is 5.27 Å². The van der Waals surface area contributed by atoms with E-state index in [1.54, 1.807) is 10.9 Å². The lowest BCUT2D eigenvalue weighted by Gasteiger charge is -1.93. The van der Waals surface area contributed by atoms with Gasteiger partial charge in [0.25, 0.3) is 12.1 Å². The van der Waals surface area contributed by atoms with Gasteiger partial charge in [0.05, 0.1) is 0 Å². The average molecular weight is 226 g/mol. The molecule has 0 radical (unpaired) electrons. The molecule has 0 amide bonds. The fourth-order valence-corrected chi connectivity index (χ4v) is 1.25. The summed E-state index contributed by atoms with van der Waals surface area (Å²) in [6.07, 6.45) is 1.67. The number of anilines is 1. The zero-order valence-electron chi connectivity index (χ0n) is 8.35. The van der Waals surface area contributed by atoms with E-state index in [9.17, 15) is 0 Å². The number of rotatable bonds is 2. The van der Waals surface area contributed by atoms with Crippen LogP contribution in [0.3, 0.4) is 0 Å². The summed E-state index contributed by atoms with van der Waals surface area (Å²) in [4.78, 5) is 0. The van der Waals surface area contributed by atoms with Crippen molar-refractivity contribution < 1.29 is 21.6 Å². The van der Waals surface area contributed by atoms with E-state index < -0.39 is 0 Å². The first-order valence-electron chi connectivity index (χ1n) is 4.41. The van der Waals surface area contributed by atoms with Crippen LogP contribution in [0.15, 0.2) is 35.0 Å². The summed E-state index contributed by atoms with van der Waals surface area (Å²) in [6.45, 7) is 2.74. The highest BCUT2D eigenvalue weighted by Crippen LogP contribution is 2.02. The Balaban J connectivity index is 0.00000112. The molecule has 0 aliphatic carbocycles. The van der Waals surface area contributed by atoms with Gasteiger partial charge in [-0.25, -0.2) is 0 Å². The second-order valence-corrected chi connectivity index (χ2v) is 3.29. The summed E-state index contributed by atoms with van der Waals surface area (Å²) in [6, 6.07) is 8.26. The highest BCUT2D eigenvalue weighted by molar-refractivity contribution is 5.20. The Bertz CT molecular complexity index is 424. The van der Waals surface area contributed by atoms with Crippen LogP contribution in [0.25, 0.3) is 0 Å². The lowest BCUT2D eigenvalue weighted by atomic mass is 10.1. The van der Waals surface area contributed by atoms with Crippen molar-refractivity contribution in [3.05, 3.63) is 41.6 Å². The highest BCUT2D eigenvalue weighted by Gasteiger charge is 2.08. The van der Waals surface area contributed by atoms with Crippen LogP contribution in [-0.4, -0.2) is 5.27 Å². The van der Waals surface area contributed by atoms with E-state index in [0.29, 0.717) is 12.4 Å². The smallest absolute Gasteiger partial charge is 0.293 e. The maximum absolute atomic E-state index is 5.41. The molecule has 0 saturated heterocycles. The van der Waals surface area contributed by atoms with Crippen LogP contribution in [0.2, 0.25) is 0 Å². The molecular weight excluding hydrogens is 214 g/mol. The number of aryl methyl sites for hydroxylation is 1. The normalized spacial score (nSPS) is 9.67. The van der Waals surface area contributed by atoms with E-state index in [-0.39, 0.29) is 12.4 Å². The molecule has 80 valence electrons. The van der Waals surface area contributed by atoms with E-state index in [1.165, 1.54) is 11.1 Å². The van der Waals surface area contributed by atoms with Crippen LogP contribution in [0.4, 0.5) is 5.88 Å². The van der Waals surface area contributed by atoms with Crippen molar-refractivity contribution >= 4 is 5.88 Å². The van der Waals surface area contributed by atoms with Crippen LogP contribution in [0, 0.1) is 6.92 Å². The fraction of sp³-hybridized carbons (Fsp3) is 0.200. The van der Waals surface area contributed by atoms with E-state index in [0.717, 1.165) is 0 Å². The van der Waals surface area contributed by atoms with Crippen molar-refractivity contribution in [1.29, 1.82) is 0 Å². The minimum Gasteiger partial charge on any atom is -1.00 e. The SMILES string of the molecule is Cc1ccc(C[n+]2cc(N)on2)cc1.[Cl-]. The Morgan fingerprint density at radius 1 is 1.33 bits per heavy atom. The number of hydrogen-bond donors (Lipinski definition) is 1. The molecule has 0 aliphatic heterocycles. The van der Waals surface area contributed by atoms with Gasteiger partial charge in [0, 0.05) is 5.56 Å². The predicted molar refractivity (Wildman–Crippen MR) is 51.4 cm³/mol. The van der Waals surface area contributed by atoms with Crippen LogP contribution in [-0.2, 0) is 6.54 Å². The molecule has 0 spiro atoms. The van der Waals surface area contributed by atoms with Gasteiger partial charge >= 0.3 is 0 Å². The first kappa shape index (κ1) is 11.5. The maximum atomic E-state index is 5.41. The van der Waals surface area contributed by atoms with Crippen LogP contribution < -0.4 is 22.8 Å². The summed E-state index contributed by atoms with van der Waals surface area (Å²) < 4.78 is 6.42. The van der Waals surface area contributed by atoms with Gasteiger partial charge in [-0.3, -0.25) is 4.52 Å². The molecule has 2 aromatic rings. The van der Waals surface area contributed by atoms with Gasteiger partial charge in [-0.15, -0.1) is 0 Å². The third-order valence-electron chi connectivity index (χ3n) is 1.99. The molecular formula is C10H12ClN3O. The van der Waals surface area contributed by atoms with E-state index in [4.69, 9.17) is 10.3 Å². The van der Waals surface area contributed by atoms with Gasteiger partial charge < -0.3 is 18.1 Å². The Morgan fingerprint density at radius 3 is 2.53 bits per heavy atom. The summed E-state index contributed by atoms with van der Waals surface area (Å²) in [5, 5.41) is 3.75. The van der Waals surface area contributed by atoms with Crippen molar-refractivity contribution in [2.24, 2.45) is 0 Å². The van der Waals surface area contributed by atoms with E-state index in [1.807, 2.05) is 0 Å². The standard InChI is InChI=1S/C10H12N3O.ClH/c1-8-2-4-9(5-3-8)6-13-7-10(11)14-12-13;/h2-5,7H,6,11H2,1H3;1H/q+1;/p-1. The largest absolute Gasteiger partial charge is 1.00 e. The number of benzene rings is 1. The summed E-state index contributed by atoms with van der Waals surface area (Å²) in [5.41, 5.74) is 7.83. The van der Waals surface area contributed by atoms with Crippen molar-refractivity contribution in [3.63, 3.8) is 0 Å². The topological polar surface area (TPSA) is 55.9 Å². The van der Waals surface area contributed by atoms with Gasteiger partial charge in [0.15, 0.2) is 0 Å². The molecule has 1 heterocycles. The van der Waals surface area contributed by atoms with Crippen LogP contribution in [0.5, 0.6) is 0 Å². The van der Waals surface area contributed by atoms with Crippen LogP contribution >= 0.6 is 0 Å². The minimum absolute atomic E-state index is 0. The zero-order valence-corrected chi connectivity index (χ0v) is 9.11. The van der Waals surface area contributed by atoms with Gasteiger partial charge in [-0.2, -0.15) is 0 Å². The van der Waals surface area contributed by atoms with Crippen LogP contribution in [0.1, 0.15) is 11.1 Å². The molecule has 2 rings (SSSR count). The molecule has 0 saturated carbocycles. The Morgan fingerprint density at radius 2 is 2.00 bits per heavy atom. The quantitative estimate of drug-likeness (QED) is 0.596. The molecule has 1 aromatic heterocycles. The molecule has 15 heavy (non-hydrogen) atoms. The maximum Gasteiger partial charge on any atom is 0.293 e. The molecule has 0 unspecified atom stereocenters. The van der Waals surface area contributed by atoms with Crippen molar-refractivity contribution in [2.45, 2.75) is 13.5 Å². The molecule has 1 aromatic carbocycles. The Kier molecular flexibility index (Phi) is 3.68. The van der Waals surface area contributed by atoms with E-state index in [2.05, 4.69) is 36.5 Å². The molecule has 0 aliphatic rings. The van der Waals surface area contributed by atoms with Gasteiger partial charge in [-0.05, 0) is 11.6 Å². The molecule has 0 bridgehead atoms. The summed E-state index contributed by atoms with van der Waals surface area (Å²) >= 11 is 0. The number of hydrogen-bond acceptors (Lipinski definition) is 3. The Hall–Kier alpha value is -1.55. The monoisotopic (exact) mass is 225 g/mol. The minimum atomic E-state index is 0. The lowest BCUT2D eigenvalue weighted by Crippen LogP contribution is -3.00. The average Bonchev–Trinajstić information content (AvgIpc) is 2.56. The summed E-state index contributed by atoms with van der Waals surface area (Å²) in [5.74, 6) is 0.331. The zero-order chi connectivity index (χ0) is 9.97. The second-order valence-electron chi connectivity index (χ2n) is 3.29. The number of aromatic nitrogens is 2. The number of nitrogen functional groups attached to an aromatic ring is 1. The number of nitrogens with zero attached hydrogens (tertiary/aromatic N) is 2. The predicted octanol–water partition coefficient (Wildman–Crippen LogP) is -2.09. The second kappa shape index (κ2) is 4.79. The number of halogens is 1. The molecule has 5 heteroatoms. The highest BCUT2D eigenvalue weighted by atomic mass is 35.5. The van der Waals surface area contributed by atoms with Gasteiger partial charge in [0.1, 0.15) is 0 Å². The molecule has 4 nitrogen and oxygen atoms in total. The fourth-order valence-electron chi connectivity index (χ4n) is 1.25. The third kappa shape index (κ3) is 2.95. The molecule has 0 fully saturated rings. The Labute approximate surface area is 94.1 Å². The van der Waals surface area contributed by atoms with Crippen molar-refractivity contribution in [3.8, 4) is 0 Å². The first-order valence-corrected chi connectivity index (χ1v) is 4.41. The first-order chi connectivity index (χ1) is 6.74. The molecule has 2 N–H and O–H groups in total. The van der Waals surface area contributed by atoms with Crippen molar-refractivity contribution in [2.75, 3.05) is 5.73 Å². The van der Waals surface area contributed by atoms with Gasteiger partial charge in [0.2, 0.25) is 11.8 Å². The summed E-state index contributed by atoms with van der Waals surface area (Å²) in [7, 11) is 0. The molecule has 0 atom stereocenters. The van der Waals surface area contributed by atoms with E-state index >= 15 is 0 Å². The lowest BCUT2D eigenvalue weighted by molar-refractivity contribution is -0.754. The number of nitrogens with two attached hydrogens (primary N) is 1. The van der Waals surface area contributed by atoms with Gasteiger partial charge in [-0.1, -0.05) is 29.8 Å².